The molecule has 0 radical (unpaired) electrons. The summed E-state index contributed by atoms with van der Waals surface area (Å²) in [6.07, 6.45) is 5.70. The van der Waals surface area contributed by atoms with E-state index in [9.17, 15) is 0 Å². The van der Waals surface area contributed by atoms with E-state index >= 15 is 0 Å². The zero-order chi connectivity index (χ0) is 10.9. The number of hydrogen-bond donors (Lipinski definition) is 1. The smallest absolute Gasteiger partial charge is 0.00698 e. The fourth-order valence-electron chi connectivity index (χ4n) is 3.31. The Bertz CT molecular complexity index is 197. The maximum absolute atomic E-state index is 3.68. The van der Waals surface area contributed by atoms with Crippen molar-refractivity contribution in [3.8, 4) is 0 Å². The SMILES string of the molecule is CCN1CC2(CCC(NC(C)C)CC2)C1. The molecule has 1 saturated carbocycles. The molecule has 1 aliphatic carbocycles. The van der Waals surface area contributed by atoms with E-state index in [4.69, 9.17) is 0 Å². The van der Waals surface area contributed by atoms with Crippen LogP contribution < -0.4 is 5.32 Å². The highest BCUT2D eigenvalue weighted by Crippen LogP contribution is 2.43. The molecular weight excluding hydrogens is 184 g/mol. The Balaban J connectivity index is 1.73. The molecule has 15 heavy (non-hydrogen) atoms. The monoisotopic (exact) mass is 210 g/mol. The number of nitrogens with one attached hydrogen (secondary N) is 1. The summed E-state index contributed by atoms with van der Waals surface area (Å²) in [7, 11) is 0. The lowest BCUT2D eigenvalue weighted by molar-refractivity contribution is -0.0303. The molecule has 2 rings (SSSR count). The van der Waals surface area contributed by atoms with E-state index in [1.807, 2.05) is 0 Å². The molecular formula is C13H26N2. The van der Waals surface area contributed by atoms with Crippen LogP contribution in [0.25, 0.3) is 0 Å². The first-order valence-corrected chi connectivity index (χ1v) is 6.62. The highest BCUT2D eigenvalue weighted by molar-refractivity contribution is 4.98. The van der Waals surface area contributed by atoms with Gasteiger partial charge in [-0.15, -0.1) is 0 Å². The lowest BCUT2D eigenvalue weighted by Crippen LogP contribution is -2.58. The Kier molecular flexibility index (Phi) is 3.36. The molecule has 88 valence electrons. The van der Waals surface area contributed by atoms with Gasteiger partial charge in [0.25, 0.3) is 0 Å². The van der Waals surface area contributed by atoms with Crippen LogP contribution in [0.2, 0.25) is 0 Å². The molecule has 0 atom stereocenters. The maximum atomic E-state index is 3.68. The van der Waals surface area contributed by atoms with Gasteiger partial charge in [0.2, 0.25) is 0 Å². The van der Waals surface area contributed by atoms with Crippen LogP contribution in [0, 0.1) is 5.41 Å². The van der Waals surface area contributed by atoms with Crippen molar-refractivity contribution in [1.82, 2.24) is 10.2 Å². The number of hydrogen-bond acceptors (Lipinski definition) is 2. The predicted octanol–water partition coefficient (Wildman–Crippen LogP) is 2.25. The molecule has 0 unspecified atom stereocenters. The van der Waals surface area contributed by atoms with Crippen LogP contribution in [-0.4, -0.2) is 36.6 Å². The van der Waals surface area contributed by atoms with E-state index in [-0.39, 0.29) is 0 Å². The van der Waals surface area contributed by atoms with Gasteiger partial charge in [0.05, 0.1) is 0 Å². The van der Waals surface area contributed by atoms with E-state index in [0.717, 1.165) is 11.5 Å². The standard InChI is InChI=1S/C13H26N2/c1-4-15-9-13(10-15)7-5-12(6-8-13)14-11(2)3/h11-12,14H,4-10H2,1-3H3. The van der Waals surface area contributed by atoms with E-state index < -0.39 is 0 Å². The quantitative estimate of drug-likeness (QED) is 0.768. The lowest BCUT2D eigenvalue weighted by atomic mass is 9.67. The third kappa shape index (κ3) is 2.54. The van der Waals surface area contributed by atoms with Crippen LogP contribution in [-0.2, 0) is 0 Å². The topological polar surface area (TPSA) is 15.3 Å². The summed E-state index contributed by atoms with van der Waals surface area (Å²) in [5, 5.41) is 3.68. The molecule has 1 heterocycles. The molecule has 2 aliphatic rings. The summed E-state index contributed by atoms with van der Waals surface area (Å²) in [6, 6.07) is 1.45. The zero-order valence-corrected chi connectivity index (χ0v) is 10.6. The van der Waals surface area contributed by atoms with Crippen LogP contribution in [0.5, 0.6) is 0 Å². The van der Waals surface area contributed by atoms with Gasteiger partial charge in [-0.2, -0.15) is 0 Å². The molecule has 0 bridgehead atoms. The van der Waals surface area contributed by atoms with Crippen molar-refractivity contribution in [1.29, 1.82) is 0 Å². The first kappa shape index (κ1) is 11.4. The van der Waals surface area contributed by atoms with Gasteiger partial charge in [-0.25, -0.2) is 0 Å². The Morgan fingerprint density at radius 1 is 1.27 bits per heavy atom. The molecule has 1 spiro atoms. The zero-order valence-electron chi connectivity index (χ0n) is 10.6. The second kappa shape index (κ2) is 4.42. The minimum atomic E-state index is 0.651. The molecule has 0 aromatic rings. The summed E-state index contributed by atoms with van der Waals surface area (Å²) in [5.74, 6) is 0. The molecule has 1 aliphatic heterocycles. The van der Waals surface area contributed by atoms with Gasteiger partial charge in [-0.1, -0.05) is 20.8 Å². The average Bonchev–Trinajstić information content (AvgIpc) is 2.15. The van der Waals surface area contributed by atoms with E-state index in [1.165, 1.54) is 45.3 Å². The van der Waals surface area contributed by atoms with Crippen molar-refractivity contribution >= 4 is 0 Å². The number of rotatable bonds is 3. The van der Waals surface area contributed by atoms with Gasteiger partial charge in [0, 0.05) is 25.2 Å². The second-order valence-electron chi connectivity index (χ2n) is 5.90. The van der Waals surface area contributed by atoms with Gasteiger partial charge >= 0.3 is 0 Å². The Labute approximate surface area is 94.4 Å². The van der Waals surface area contributed by atoms with Crippen LogP contribution in [0.4, 0.5) is 0 Å². The highest BCUT2D eigenvalue weighted by Gasteiger charge is 2.44. The van der Waals surface area contributed by atoms with Crippen molar-refractivity contribution in [3.63, 3.8) is 0 Å². The Morgan fingerprint density at radius 2 is 1.87 bits per heavy atom. The fraction of sp³-hybridized carbons (Fsp3) is 1.00. The van der Waals surface area contributed by atoms with Crippen LogP contribution in [0.1, 0.15) is 46.5 Å². The van der Waals surface area contributed by atoms with Crippen molar-refractivity contribution in [2.75, 3.05) is 19.6 Å². The minimum Gasteiger partial charge on any atom is -0.312 e. The van der Waals surface area contributed by atoms with Gasteiger partial charge in [0.15, 0.2) is 0 Å². The summed E-state index contributed by atoms with van der Waals surface area (Å²) in [4.78, 5) is 2.58. The molecule has 0 aromatic heterocycles. The molecule has 2 fully saturated rings. The van der Waals surface area contributed by atoms with Crippen molar-refractivity contribution in [3.05, 3.63) is 0 Å². The van der Waals surface area contributed by atoms with Crippen LogP contribution in [0.3, 0.4) is 0 Å². The molecule has 0 amide bonds. The van der Waals surface area contributed by atoms with Gasteiger partial charge < -0.3 is 10.2 Å². The third-order valence-electron chi connectivity index (χ3n) is 4.18. The third-order valence-corrected chi connectivity index (χ3v) is 4.18. The fourth-order valence-corrected chi connectivity index (χ4v) is 3.31. The largest absolute Gasteiger partial charge is 0.312 e. The van der Waals surface area contributed by atoms with E-state index in [2.05, 4.69) is 31.0 Å². The Hall–Kier alpha value is -0.0800. The summed E-state index contributed by atoms with van der Waals surface area (Å²) >= 11 is 0. The predicted molar refractivity (Wildman–Crippen MR) is 65.1 cm³/mol. The summed E-state index contributed by atoms with van der Waals surface area (Å²) < 4.78 is 0. The second-order valence-corrected chi connectivity index (χ2v) is 5.90. The first-order valence-electron chi connectivity index (χ1n) is 6.62. The van der Waals surface area contributed by atoms with Crippen molar-refractivity contribution in [2.24, 2.45) is 5.41 Å². The molecule has 0 aromatic carbocycles. The van der Waals surface area contributed by atoms with E-state index in [1.54, 1.807) is 0 Å². The van der Waals surface area contributed by atoms with Crippen molar-refractivity contribution < 1.29 is 0 Å². The Morgan fingerprint density at radius 3 is 2.33 bits per heavy atom. The van der Waals surface area contributed by atoms with Gasteiger partial charge in [-0.05, 0) is 37.6 Å². The van der Waals surface area contributed by atoms with Gasteiger partial charge in [0.1, 0.15) is 0 Å². The minimum absolute atomic E-state index is 0.651. The number of nitrogens with zero attached hydrogens (tertiary/aromatic N) is 1. The van der Waals surface area contributed by atoms with E-state index in [0.29, 0.717) is 6.04 Å². The highest BCUT2D eigenvalue weighted by atomic mass is 15.2. The van der Waals surface area contributed by atoms with Crippen LogP contribution in [0.15, 0.2) is 0 Å². The average molecular weight is 210 g/mol. The summed E-state index contributed by atoms with van der Waals surface area (Å²) in [5.41, 5.74) is 0.727. The molecule has 2 nitrogen and oxygen atoms in total. The molecule has 2 heteroatoms. The van der Waals surface area contributed by atoms with Gasteiger partial charge in [-0.3, -0.25) is 0 Å². The normalized spacial score (nSPS) is 27.2. The van der Waals surface area contributed by atoms with Crippen LogP contribution >= 0.6 is 0 Å². The lowest BCUT2D eigenvalue weighted by Gasteiger charge is -2.53. The van der Waals surface area contributed by atoms with Crippen molar-refractivity contribution in [2.45, 2.75) is 58.5 Å². The maximum Gasteiger partial charge on any atom is 0.00698 e. The molecule has 1 saturated heterocycles. The summed E-state index contributed by atoms with van der Waals surface area (Å²) in [6.45, 7) is 10.8. The molecule has 1 N–H and O–H groups in total. The first-order chi connectivity index (χ1) is 7.13. The number of likely N-dealkylation sites (tertiary alicyclic amines) is 1.